The Kier molecular flexibility index (Phi) is 2.90. The summed E-state index contributed by atoms with van der Waals surface area (Å²) in [6.07, 6.45) is 1.11. The Morgan fingerprint density at radius 1 is 1.75 bits per heavy atom. The molecular formula is C10H17NO. The van der Waals surface area contributed by atoms with Gasteiger partial charge in [0.15, 0.2) is 0 Å². The van der Waals surface area contributed by atoms with Crippen molar-refractivity contribution in [1.82, 2.24) is 0 Å². The van der Waals surface area contributed by atoms with Gasteiger partial charge in [0.25, 0.3) is 0 Å². The topological polar surface area (TPSA) is 21.6 Å². The van der Waals surface area contributed by atoms with Gasteiger partial charge in [-0.2, -0.15) is 0 Å². The van der Waals surface area contributed by atoms with Crippen LogP contribution in [0.1, 0.15) is 27.2 Å². The minimum absolute atomic E-state index is 0.358. The Morgan fingerprint density at radius 3 is 2.83 bits per heavy atom. The predicted molar refractivity (Wildman–Crippen MR) is 51.4 cm³/mol. The van der Waals surface area contributed by atoms with Gasteiger partial charge >= 0.3 is 0 Å². The van der Waals surface area contributed by atoms with Crippen LogP contribution in [0.15, 0.2) is 17.1 Å². The predicted octanol–water partition coefficient (Wildman–Crippen LogP) is 2.41. The van der Waals surface area contributed by atoms with Crippen molar-refractivity contribution in [2.45, 2.75) is 33.2 Å². The smallest absolute Gasteiger partial charge is 0.211 e. The molecule has 2 heteroatoms. The van der Waals surface area contributed by atoms with Crippen LogP contribution in [0, 0.1) is 5.92 Å². The minimum atomic E-state index is 0.358. The third-order valence-corrected chi connectivity index (χ3v) is 1.82. The lowest BCUT2D eigenvalue weighted by Crippen LogP contribution is -2.09. The van der Waals surface area contributed by atoms with Gasteiger partial charge in [-0.1, -0.05) is 20.4 Å². The maximum atomic E-state index is 5.38. The number of nitrogens with zero attached hydrogens (tertiary/aromatic N) is 1. The first-order valence-electron chi connectivity index (χ1n) is 4.46. The Labute approximate surface area is 74.3 Å². The summed E-state index contributed by atoms with van der Waals surface area (Å²) in [5, 5.41) is 0. The van der Waals surface area contributed by atoms with Gasteiger partial charge in [-0.15, -0.1) is 0 Å². The van der Waals surface area contributed by atoms with E-state index in [-0.39, 0.29) is 0 Å². The molecule has 1 heterocycles. The lowest BCUT2D eigenvalue weighted by molar-refractivity contribution is 0.301. The lowest BCUT2D eigenvalue weighted by Gasteiger charge is -2.06. The Bertz CT molecular complexity index is 206. The summed E-state index contributed by atoms with van der Waals surface area (Å²) in [6.45, 7) is 10.9. The van der Waals surface area contributed by atoms with Gasteiger partial charge in [0, 0.05) is 5.57 Å². The molecule has 68 valence electrons. The van der Waals surface area contributed by atoms with Crippen molar-refractivity contribution >= 4 is 5.90 Å². The fourth-order valence-corrected chi connectivity index (χ4v) is 1.31. The van der Waals surface area contributed by atoms with Gasteiger partial charge in [0.05, 0.1) is 6.04 Å². The van der Waals surface area contributed by atoms with Crippen LogP contribution in [0.2, 0.25) is 0 Å². The third-order valence-electron chi connectivity index (χ3n) is 1.82. The first-order valence-corrected chi connectivity index (χ1v) is 4.46. The largest absolute Gasteiger partial charge is 0.475 e. The van der Waals surface area contributed by atoms with Crippen LogP contribution in [0.3, 0.4) is 0 Å². The number of rotatable bonds is 3. The normalized spacial score (nSPS) is 22.3. The van der Waals surface area contributed by atoms with Crippen molar-refractivity contribution in [2.75, 3.05) is 6.61 Å². The standard InChI is InChI=1S/C10H17NO/c1-7(2)5-9-6-12-10(11-9)8(3)4/h7,9H,3,5-6H2,1-2,4H3/t9-/m0/s1. The van der Waals surface area contributed by atoms with Crippen molar-refractivity contribution in [3.05, 3.63) is 12.2 Å². The first-order chi connectivity index (χ1) is 5.59. The van der Waals surface area contributed by atoms with Crippen LogP contribution >= 0.6 is 0 Å². The molecule has 0 aromatic heterocycles. The molecule has 0 fully saturated rings. The number of aliphatic imine (C=N–C) groups is 1. The van der Waals surface area contributed by atoms with Crippen LogP contribution in [0.4, 0.5) is 0 Å². The number of hydrogen-bond acceptors (Lipinski definition) is 2. The second-order valence-corrected chi connectivity index (χ2v) is 3.81. The van der Waals surface area contributed by atoms with Crippen molar-refractivity contribution in [3.8, 4) is 0 Å². The fourth-order valence-electron chi connectivity index (χ4n) is 1.31. The van der Waals surface area contributed by atoms with E-state index >= 15 is 0 Å². The van der Waals surface area contributed by atoms with Crippen LogP contribution in [0.25, 0.3) is 0 Å². The van der Waals surface area contributed by atoms with Crippen molar-refractivity contribution in [3.63, 3.8) is 0 Å². The SMILES string of the molecule is C=C(C)C1=N[C@@H](CC(C)C)CO1. The van der Waals surface area contributed by atoms with Crippen LogP contribution < -0.4 is 0 Å². The van der Waals surface area contributed by atoms with Crippen molar-refractivity contribution in [2.24, 2.45) is 10.9 Å². The van der Waals surface area contributed by atoms with Gasteiger partial charge in [-0.3, -0.25) is 0 Å². The molecule has 0 amide bonds. The van der Waals surface area contributed by atoms with E-state index in [0.717, 1.165) is 24.5 Å². The number of hydrogen-bond donors (Lipinski definition) is 0. The van der Waals surface area contributed by atoms with E-state index in [4.69, 9.17) is 4.74 Å². The molecule has 0 saturated heterocycles. The van der Waals surface area contributed by atoms with E-state index in [2.05, 4.69) is 25.4 Å². The molecule has 2 nitrogen and oxygen atoms in total. The molecule has 0 spiro atoms. The van der Waals surface area contributed by atoms with Gasteiger partial charge in [-0.05, 0) is 19.3 Å². The lowest BCUT2D eigenvalue weighted by atomic mass is 10.1. The maximum absolute atomic E-state index is 5.38. The molecule has 1 aliphatic heterocycles. The van der Waals surface area contributed by atoms with Crippen LogP contribution in [0.5, 0.6) is 0 Å². The third kappa shape index (κ3) is 2.36. The molecule has 1 atom stereocenters. The quantitative estimate of drug-likeness (QED) is 0.632. The Balaban J connectivity index is 2.47. The molecule has 0 bridgehead atoms. The zero-order valence-electron chi connectivity index (χ0n) is 8.13. The van der Waals surface area contributed by atoms with E-state index in [9.17, 15) is 0 Å². The van der Waals surface area contributed by atoms with E-state index < -0.39 is 0 Å². The zero-order chi connectivity index (χ0) is 9.14. The second kappa shape index (κ2) is 3.74. The van der Waals surface area contributed by atoms with Crippen LogP contribution in [-0.4, -0.2) is 18.5 Å². The summed E-state index contributed by atoms with van der Waals surface area (Å²) < 4.78 is 5.38. The summed E-state index contributed by atoms with van der Waals surface area (Å²) in [7, 11) is 0. The van der Waals surface area contributed by atoms with E-state index in [1.807, 2.05) is 6.92 Å². The monoisotopic (exact) mass is 167 g/mol. The van der Waals surface area contributed by atoms with Gasteiger partial charge in [-0.25, -0.2) is 4.99 Å². The molecule has 0 radical (unpaired) electrons. The Hall–Kier alpha value is -0.790. The summed E-state index contributed by atoms with van der Waals surface area (Å²) in [6, 6.07) is 0.358. The van der Waals surface area contributed by atoms with Gasteiger partial charge in [0.1, 0.15) is 6.61 Å². The highest BCUT2D eigenvalue weighted by atomic mass is 16.5. The van der Waals surface area contributed by atoms with E-state index in [1.54, 1.807) is 0 Å². The molecule has 0 aromatic rings. The Morgan fingerprint density at radius 2 is 2.42 bits per heavy atom. The first kappa shape index (κ1) is 9.30. The summed E-state index contributed by atoms with van der Waals surface area (Å²) in [4.78, 5) is 4.42. The highest BCUT2D eigenvalue weighted by Gasteiger charge is 2.19. The average molecular weight is 167 g/mol. The molecule has 0 unspecified atom stereocenters. The molecule has 12 heavy (non-hydrogen) atoms. The molecular weight excluding hydrogens is 150 g/mol. The molecule has 1 rings (SSSR count). The van der Waals surface area contributed by atoms with E-state index in [1.165, 1.54) is 0 Å². The van der Waals surface area contributed by atoms with Crippen molar-refractivity contribution in [1.29, 1.82) is 0 Å². The summed E-state index contributed by atoms with van der Waals surface area (Å²) in [5.41, 5.74) is 0.932. The summed E-state index contributed by atoms with van der Waals surface area (Å²) in [5.74, 6) is 1.44. The van der Waals surface area contributed by atoms with E-state index in [0.29, 0.717) is 12.0 Å². The molecule has 0 N–H and O–H groups in total. The van der Waals surface area contributed by atoms with Gasteiger partial charge in [0.2, 0.25) is 5.90 Å². The highest BCUT2D eigenvalue weighted by Crippen LogP contribution is 2.16. The molecule has 0 aromatic carbocycles. The maximum Gasteiger partial charge on any atom is 0.211 e. The minimum Gasteiger partial charge on any atom is -0.475 e. The summed E-state index contributed by atoms with van der Waals surface area (Å²) >= 11 is 0. The zero-order valence-corrected chi connectivity index (χ0v) is 8.13. The molecule has 1 aliphatic rings. The van der Waals surface area contributed by atoms with Crippen LogP contribution in [-0.2, 0) is 4.74 Å². The highest BCUT2D eigenvalue weighted by molar-refractivity contribution is 5.93. The fraction of sp³-hybridized carbons (Fsp3) is 0.700. The molecule has 0 saturated carbocycles. The van der Waals surface area contributed by atoms with Crippen molar-refractivity contribution < 1.29 is 4.74 Å². The molecule has 0 aliphatic carbocycles. The number of ether oxygens (including phenoxy) is 1. The van der Waals surface area contributed by atoms with Gasteiger partial charge < -0.3 is 4.74 Å². The average Bonchev–Trinajstić information content (AvgIpc) is 2.34. The second-order valence-electron chi connectivity index (χ2n) is 3.81.